The lowest BCUT2D eigenvalue weighted by molar-refractivity contribution is 0.214. The fourth-order valence-corrected chi connectivity index (χ4v) is 1.75. The summed E-state index contributed by atoms with van der Waals surface area (Å²) in [6.45, 7) is 0. The Balaban J connectivity index is 2.28. The minimum Gasteiger partial charge on any atom is -0.382 e. The average molecular weight is 314 g/mol. The first-order chi connectivity index (χ1) is 7.16. The van der Waals surface area contributed by atoms with Crippen LogP contribution in [0.15, 0.2) is 36.5 Å². The minimum absolute atomic E-state index is 0.636. The van der Waals surface area contributed by atoms with Crippen LogP contribution in [-0.2, 0) is 7.05 Å². The lowest BCUT2D eigenvalue weighted by atomic mass is 10.1. The monoisotopic (exact) mass is 314 g/mol. The highest BCUT2D eigenvalue weighted by Crippen LogP contribution is 2.20. The van der Waals surface area contributed by atoms with Gasteiger partial charge in [0.2, 0.25) is 0 Å². The number of hydrogen-bond acceptors (Lipinski definition) is 2. The second-order valence-corrected chi connectivity index (χ2v) is 4.61. The fraction of sp³-hybridized carbons (Fsp3) is 0.182. The summed E-state index contributed by atoms with van der Waals surface area (Å²) >= 11 is 2.24. The lowest BCUT2D eigenvalue weighted by Gasteiger charge is -2.07. The number of hydrogen-bond donors (Lipinski definition) is 1. The molecule has 0 bridgehead atoms. The van der Waals surface area contributed by atoms with Crippen molar-refractivity contribution in [3.8, 4) is 0 Å². The largest absolute Gasteiger partial charge is 0.382 e. The van der Waals surface area contributed by atoms with E-state index in [2.05, 4.69) is 27.7 Å². The van der Waals surface area contributed by atoms with Gasteiger partial charge in [-0.1, -0.05) is 12.1 Å². The Bertz CT molecular complexity index is 450. The van der Waals surface area contributed by atoms with E-state index >= 15 is 0 Å². The zero-order valence-corrected chi connectivity index (χ0v) is 10.4. The Morgan fingerprint density at radius 2 is 1.93 bits per heavy atom. The Morgan fingerprint density at radius 1 is 1.27 bits per heavy atom. The molecule has 0 aliphatic carbocycles. The van der Waals surface area contributed by atoms with E-state index in [0.29, 0.717) is 5.69 Å². The third-order valence-corrected chi connectivity index (χ3v) is 2.92. The minimum atomic E-state index is -0.636. The molecule has 0 radical (unpaired) electrons. The van der Waals surface area contributed by atoms with E-state index < -0.39 is 6.10 Å². The third kappa shape index (κ3) is 2.38. The summed E-state index contributed by atoms with van der Waals surface area (Å²) in [6.07, 6.45) is 1.19. The van der Waals surface area contributed by atoms with Crippen molar-refractivity contribution in [3.63, 3.8) is 0 Å². The zero-order valence-electron chi connectivity index (χ0n) is 8.26. The van der Waals surface area contributed by atoms with Gasteiger partial charge in [0.15, 0.2) is 0 Å². The molecule has 15 heavy (non-hydrogen) atoms. The highest BCUT2D eigenvalue weighted by molar-refractivity contribution is 14.1. The number of halogens is 1. The molecule has 0 saturated heterocycles. The quantitative estimate of drug-likeness (QED) is 0.862. The molecule has 3 nitrogen and oxygen atoms in total. The third-order valence-electron chi connectivity index (χ3n) is 2.20. The van der Waals surface area contributed by atoms with Gasteiger partial charge in [-0.15, -0.1) is 0 Å². The smallest absolute Gasteiger partial charge is 0.123 e. The maximum Gasteiger partial charge on any atom is 0.123 e. The van der Waals surface area contributed by atoms with Gasteiger partial charge in [-0.05, 0) is 46.4 Å². The molecule has 78 valence electrons. The van der Waals surface area contributed by atoms with Crippen LogP contribution in [0.1, 0.15) is 17.4 Å². The molecule has 1 unspecified atom stereocenters. The Kier molecular flexibility index (Phi) is 3.06. The van der Waals surface area contributed by atoms with Gasteiger partial charge in [-0.2, -0.15) is 5.10 Å². The molecule has 0 fully saturated rings. The van der Waals surface area contributed by atoms with Gasteiger partial charge in [-0.3, -0.25) is 4.68 Å². The Morgan fingerprint density at radius 3 is 2.47 bits per heavy atom. The van der Waals surface area contributed by atoms with Crippen LogP contribution < -0.4 is 0 Å². The van der Waals surface area contributed by atoms with Gasteiger partial charge in [0, 0.05) is 16.8 Å². The number of rotatable bonds is 2. The first kappa shape index (κ1) is 10.6. The number of benzene rings is 1. The first-order valence-electron chi connectivity index (χ1n) is 4.60. The molecule has 0 spiro atoms. The summed E-state index contributed by atoms with van der Waals surface area (Å²) < 4.78 is 2.84. The molecular formula is C11H11IN2O. The molecule has 1 heterocycles. The number of aryl methyl sites for hydroxylation is 1. The topological polar surface area (TPSA) is 38.0 Å². The summed E-state index contributed by atoms with van der Waals surface area (Å²) in [5, 5.41) is 14.2. The van der Waals surface area contributed by atoms with Crippen LogP contribution in [0.2, 0.25) is 0 Å². The van der Waals surface area contributed by atoms with Gasteiger partial charge in [-0.25, -0.2) is 0 Å². The molecule has 0 saturated carbocycles. The molecule has 2 aromatic rings. The van der Waals surface area contributed by atoms with E-state index in [9.17, 15) is 5.11 Å². The van der Waals surface area contributed by atoms with Crippen molar-refractivity contribution in [2.45, 2.75) is 6.10 Å². The Labute approximate surface area is 102 Å². The summed E-state index contributed by atoms with van der Waals surface area (Å²) in [4.78, 5) is 0. The molecule has 1 atom stereocenters. The highest BCUT2D eigenvalue weighted by atomic mass is 127. The molecule has 1 aromatic heterocycles. The second kappa shape index (κ2) is 4.32. The molecule has 0 amide bonds. The molecule has 0 aliphatic rings. The van der Waals surface area contributed by atoms with Gasteiger partial charge in [0.05, 0.1) is 5.69 Å². The Hall–Kier alpha value is -0.880. The van der Waals surface area contributed by atoms with Crippen LogP contribution in [0.4, 0.5) is 0 Å². The van der Waals surface area contributed by atoms with Crippen LogP contribution in [0.25, 0.3) is 0 Å². The van der Waals surface area contributed by atoms with Crippen LogP contribution in [0, 0.1) is 3.57 Å². The first-order valence-corrected chi connectivity index (χ1v) is 5.68. The number of nitrogens with zero attached hydrogens (tertiary/aromatic N) is 2. The second-order valence-electron chi connectivity index (χ2n) is 3.37. The summed E-state index contributed by atoms with van der Waals surface area (Å²) in [5.74, 6) is 0. The van der Waals surface area contributed by atoms with Crippen molar-refractivity contribution in [1.82, 2.24) is 9.78 Å². The van der Waals surface area contributed by atoms with Gasteiger partial charge >= 0.3 is 0 Å². The van der Waals surface area contributed by atoms with Crippen molar-refractivity contribution < 1.29 is 5.11 Å². The van der Waals surface area contributed by atoms with Crippen LogP contribution in [0.5, 0.6) is 0 Å². The van der Waals surface area contributed by atoms with E-state index in [1.54, 1.807) is 4.68 Å². The molecule has 4 heteroatoms. The SMILES string of the molecule is Cn1ccc(C(O)c2ccc(I)cc2)n1. The lowest BCUT2D eigenvalue weighted by Crippen LogP contribution is -2.01. The van der Waals surface area contributed by atoms with Crippen LogP contribution in [-0.4, -0.2) is 14.9 Å². The van der Waals surface area contributed by atoms with E-state index in [1.165, 1.54) is 0 Å². The van der Waals surface area contributed by atoms with E-state index in [1.807, 2.05) is 43.6 Å². The van der Waals surface area contributed by atoms with Crippen LogP contribution >= 0.6 is 22.6 Å². The summed E-state index contributed by atoms with van der Waals surface area (Å²) in [7, 11) is 1.84. The zero-order chi connectivity index (χ0) is 10.8. The highest BCUT2D eigenvalue weighted by Gasteiger charge is 2.12. The maximum atomic E-state index is 10.0. The van der Waals surface area contributed by atoms with Crippen molar-refractivity contribution in [1.29, 1.82) is 0 Å². The predicted molar refractivity (Wildman–Crippen MR) is 66.4 cm³/mol. The molecule has 1 aromatic carbocycles. The number of aromatic nitrogens is 2. The summed E-state index contributed by atoms with van der Waals surface area (Å²) in [5.41, 5.74) is 1.55. The number of aliphatic hydroxyl groups excluding tert-OH is 1. The van der Waals surface area contributed by atoms with E-state index in [-0.39, 0.29) is 0 Å². The van der Waals surface area contributed by atoms with E-state index in [0.717, 1.165) is 9.13 Å². The van der Waals surface area contributed by atoms with Gasteiger partial charge in [0.1, 0.15) is 6.10 Å². The van der Waals surface area contributed by atoms with Crippen LogP contribution in [0.3, 0.4) is 0 Å². The van der Waals surface area contributed by atoms with E-state index in [4.69, 9.17) is 0 Å². The normalized spacial score (nSPS) is 12.7. The molecule has 2 rings (SSSR count). The van der Waals surface area contributed by atoms with Crippen molar-refractivity contribution in [3.05, 3.63) is 51.4 Å². The maximum absolute atomic E-state index is 10.0. The fourth-order valence-electron chi connectivity index (χ4n) is 1.39. The van der Waals surface area contributed by atoms with Crippen molar-refractivity contribution >= 4 is 22.6 Å². The summed E-state index contributed by atoms with van der Waals surface area (Å²) in [6, 6.07) is 9.61. The number of aliphatic hydroxyl groups is 1. The van der Waals surface area contributed by atoms with Gasteiger partial charge < -0.3 is 5.11 Å². The molecule has 0 aliphatic heterocycles. The predicted octanol–water partition coefficient (Wildman–Crippen LogP) is 2.11. The molecule has 1 N–H and O–H groups in total. The average Bonchev–Trinajstić information content (AvgIpc) is 2.65. The molecular weight excluding hydrogens is 303 g/mol. The van der Waals surface area contributed by atoms with Gasteiger partial charge in [0.25, 0.3) is 0 Å². The van der Waals surface area contributed by atoms with Crippen molar-refractivity contribution in [2.24, 2.45) is 7.05 Å². The van der Waals surface area contributed by atoms with Crippen molar-refractivity contribution in [2.75, 3.05) is 0 Å². The standard InChI is InChI=1S/C11H11IN2O/c1-14-7-6-10(13-14)11(15)8-2-4-9(12)5-3-8/h2-7,11,15H,1H3.